The van der Waals surface area contributed by atoms with Gasteiger partial charge in [-0.2, -0.15) is 0 Å². The lowest BCUT2D eigenvalue weighted by atomic mass is 10.1. The molecule has 1 aromatic carbocycles. The van der Waals surface area contributed by atoms with Crippen molar-refractivity contribution in [3.8, 4) is 0 Å². The van der Waals surface area contributed by atoms with E-state index in [1.807, 2.05) is 32.0 Å². The van der Waals surface area contributed by atoms with Gasteiger partial charge in [-0.15, -0.1) is 0 Å². The number of rotatable bonds is 6. The number of carbonyl (C=O) groups excluding carboxylic acids is 3. The Balaban J connectivity index is 1.77. The number of amides is 3. The van der Waals surface area contributed by atoms with Crippen molar-refractivity contribution < 1.29 is 19.1 Å². The number of ether oxygens (including phenoxy) is 1. The van der Waals surface area contributed by atoms with E-state index >= 15 is 0 Å². The van der Waals surface area contributed by atoms with Gasteiger partial charge in [0.15, 0.2) is 0 Å². The zero-order valence-electron chi connectivity index (χ0n) is 15.7. The van der Waals surface area contributed by atoms with E-state index in [1.165, 1.54) is 4.90 Å². The normalized spacial score (nSPS) is 14.0. The fourth-order valence-corrected chi connectivity index (χ4v) is 2.74. The highest BCUT2D eigenvalue weighted by Gasteiger charge is 2.19. The molecule has 1 saturated heterocycles. The third-order valence-electron chi connectivity index (χ3n) is 4.39. The predicted molar refractivity (Wildman–Crippen MR) is 98.8 cm³/mol. The van der Waals surface area contributed by atoms with Gasteiger partial charge in [0, 0.05) is 38.7 Å². The van der Waals surface area contributed by atoms with Gasteiger partial charge in [-0.05, 0) is 31.0 Å². The number of hydrogen-bond acceptors (Lipinski definition) is 4. The van der Waals surface area contributed by atoms with E-state index in [-0.39, 0.29) is 37.1 Å². The predicted octanol–water partition coefficient (Wildman–Crippen LogP) is 1.34. The number of likely N-dealkylation sites (N-methyl/N-ethyl adjacent to an activating group) is 1. The number of benzene rings is 1. The Labute approximate surface area is 154 Å². The average molecular weight is 361 g/mol. The number of nitrogens with one attached hydrogen (secondary N) is 1. The molecule has 0 atom stereocenters. The summed E-state index contributed by atoms with van der Waals surface area (Å²) in [5, 5.41) is 2.83. The molecule has 2 rings (SSSR count). The molecule has 0 saturated carbocycles. The number of hydrogen-bond donors (Lipinski definition) is 1. The lowest BCUT2D eigenvalue weighted by Gasteiger charge is -2.27. The molecule has 0 aliphatic carbocycles. The molecule has 1 aromatic rings. The van der Waals surface area contributed by atoms with E-state index in [2.05, 4.69) is 5.32 Å². The van der Waals surface area contributed by atoms with Crippen LogP contribution in [0.2, 0.25) is 0 Å². The minimum absolute atomic E-state index is 0.0437. The fourth-order valence-electron chi connectivity index (χ4n) is 2.74. The number of aryl methyl sites for hydroxylation is 2. The van der Waals surface area contributed by atoms with Crippen LogP contribution in [-0.2, 0) is 19.1 Å². The number of nitrogens with zero attached hydrogens (tertiary/aromatic N) is 2. The average Bonchev–Trinajstić information content (AvgIpc) is 2.63. The maximum atomic E-state index is 12.2. The van der Waals surface area contributed by atoms with Crippen LogP contribution in [0.15, 0.2) is 18.2 Å². The van der Waals surface area contributed by atoms with Crippen LogP contribution >= 0.6 is 0 Å². The molecule has 7 nitrogen and oxygen atoms in total. The summed E-state index contributed by atoms with van der Waals surface area (Å²) in [6.07, 6.45) is 0.255. The smallest absolute Gasteiger partial charge is 0.243 e. The van der Waals surface area contributed by atoms with Crippen LogP contribution in [0.5, 0.6) is 0 Å². The van der Waals surface area contributed by atoms with Crippen molar-refractivity contribution in [3.63, 3.8) is 0 Å². The summed E-state index contributed by atoms with van der Waals surface area (Å²) < 4.78 is 5.21. The maximum Gasteiger partial charge on any atom is 0.243 e. The van der Waals surface area contributed by atoms with Crippen LogP contribution in [-0.4, -0.2) is 67.4 Å². The minimum Gasteiger partial charge on any atom is -0.378 e. The van der Waals surface area contributed by atoms with Crippen molar-refractivity contribution >= 4 is 23.4 Å². The van der Waals surface area contributed by atoms with Crippen LogP contribution in [0.4, 0.5) is 5.69 Å². The quantitative estimate of drug-likeness (QED) is 0.829. The zero-order valence-corrected chi connectivity index (χ0v) is 15.7. The van der Waals surface area contributed by atoms with Gasteiger partial charge in [-0.1, -0.05) is 12.1 Å². The molecule has 0 radical (unpaired) electrons. The first-order chi connectivity index (χ1) is 12.4. The van der Waals surface area contributed by atoms with Crippen molar-refractivity contribution in [2.75, 3.05) is 45.2 Å². The Morgan fingerprint density at radius 1 is 1.15 bits per heavy atom. The molecule has 0 unspecified atom stereocenters. The molecule has 1 fully saturated rings. The molecule has 0 spiro atoms. The fraction of sp³-hybridized carbons (Fsp3) is 0.526. The van der Waals surface area contributed by atoms with Gasteiger partial charge in [0.2, 0.25) is 17.7 Å². The van der Waals surface area contributed by atoms with E-state index in [1.54, 1.807) is 11.9 Å². The third-order valence-corrected chi connectivity index (χ3v) is 4.39. The van der Waals surface area contributed by atoms with Crippen LogP contribution in [0, 0.1) is 13.8 Å². The maximum absolute atomic E-state index is 12.2. The summed E-state index contributed by atoms with van der Waals surface area (Å²) in [7, 11) is 1.57. The monoisotopic (exact) mass is 361 g/mol. The molecule has 1 aliphatic rings. The van der Waals surface area contributed by atoms with Crippen LogP contribution < -0.4 is 5.32 Å². The van der Waals surface area contributed by atoms with E-state index in [9.17, 15) is 14.4 Å². The Morgan fingerprint density at radius 2 is 1.85 bits per heavy atom. The third kappa shape index (κ3) is 5.84. The molecule has 1 heterocycles. The zero-order chi connectivity index (χ0) is 19.1. The number of carbonyl (C=O) groups is 3. The van der Waals surface area contributed by atoms with Gasteiger partial charge >= 0.3 is 0 Å². The van der Waals surface area contributed by atoms with E-state index in [0.717, 1.165) is 16.8 Å². The topological polar surface area (TPSA) is 79.0 Å². The van der Waals surface area contributed by atoms with Gasteiger partial charge in [0.05, 0.1) is 19.8 Å². The second kappa shape index (κ2) is 9.33. The van der Waals surface area contributed by atoms with Gasteiger partial charge in [-0.25, -0.2) is 0 Å². The number of morpholine rings is 1. The van der Waals surface area contributed by atoms with E-state index in [4.69, 9.17) is 4.74 Å². The van der Waals surface area contributed by atoms with Crippen LogP contribution in [0.3, 0.4) is 0 Å². The van der Waals surface area contributed by atoms with Crippen molar-refractivity contribution in [1.82, 2.24) is 9.80 Å². The molecule has 26 heavy (non-hydrogen) atoms. The summed E-state index contributed by atoms with van der Waals surface area (Å²) in [6.45, 7) is 6.05. The first-order valence-corrected chi connectivity index (χ1v) is 8.83. The summed E-state index contributed by atoms with van der Waals surface area (Å²) in [6, 6.07) is 5.82. The second-order valence-electron chi connectivity index (χ2n) is 6.61. The van der Waals surface area contributed by atoms with E-state index in [0.29, 0.717) is 26.3 Å². The molecule has 142 valence electrons. The molecular weight excluding hydrogens is 334 g/mol. The van der Waals surface area contributed by atoms with Gasteiger partial charge in [0.1, 0.15) is 0 Å². The van der Waals surface area contributed by atoms with Gasteiger partial charge in [0.25, 0.3) is 0 Å². The van der Waals surface area contributed by atoms with Crippen molar-refractivity contribution in [2.45, 2.75) is 26.7 Å². The Morgan fingerprint density at radius 3 is 2.54 bits per heavy atom. The first kappa shape index (κ1) is 19.9. The van der Waals surface area contributed by atoms with Crippen molar-refractivity contribution in [2.24, 2.45) is 0 Å². The van der Waals surface area contributed by atoms with Crippen LogP contribution in [0.1, 0.15) is 24.0 Å². The highest BCUT2D eigenvalue weighted by Crippen LogP contribution is 2.16. The summed E-state index contributed by atoms with van der Waals surface area (Å²) >= 11 is 0. The summed E-state index contributed by atoms with van der Waals surface area (Å²) in [5.41, 5.74) is 2.77. The molecule has 3 amide bonds. The van der Waals surface area contributed by atoms with Crippen molar-refractivity contribution in [3.05, 3.63) is 29.3 Å². The van der Waals surface area contributed by atoms with Gasteiger partial charge in [-0.3, -0.25) is 14.4 Å². The van der Waals surface area contributed by atoms with Crippen molar-refractivity contribution in [1.29, 1.82) is 0 Å². The molecule has 1 N–H and O–H groups in total. The first-order valence-electron chi connectivity index (χ1n) is 8.83. The lowest BCUT2D eigenvalue weighted by Crippen LogP contribution is -2.41. The molecule has 1 aliphatic heterocycles. The van der Waals surface area contributed by atoms with E-state index < -0.39 is 0 Å². The van der Waals surface area contributed by atoms with Gasteiger partial charge < -0.3 is 19.9 Å². The highest BCUT2D eigenvalue weighted by atomic mass is 16.5. The minimum atomic E-state index is -0.256. The Hall–Kier alpha value is -2.41. The highest BCUT2D eigenvalue weighted by molar-refractivity contribution is 5.95. The SMILES string of the molecule is Cc1ccc(C)c(NC(=O)CN(C)C(=O)CCC(=O)N2CCOCC2)c1. The summed E-state index contributed by atoms with van der Waals surface area (Å²) in [5.74, 6) is -0.522. The van der Waals surface area contributed by atoms with Crippen LogP contribution in [0.25, 0.3) is 0 Å². The largest absolute Gasteiger partial charge is 0.378 e. The standard InChI is InChI=1S/C19H27N3O4/c1-14-4-5-15(2)16(12-14)20-17(23)13-21(3)18(24)6-7-19(25)22-8-10-26-11-9-22/h4-5,12H,6-11,13H2,1-3H3,(H,20,23). The second-order valence-corrected chi connectivity index (χ2v) is 6.61. The summed E-state index contributed by atoms with van der Waals surface area (Å²) in [4.78, 5) is 39.5. The molecular formula is C19H27N3O4. The Kier molecular flexibility index (Phi) is 7.15. The molecule has 0 aromatic heterocycles. The Bertz CT molecular complexity index is 669. The number of anilines is 1. The molecule has 7 heteroatoms. The molecule has 0 bridgehead atoms. The lowest BCUT2D eigenvalue weighted by molar-refractivity contribution is -0.139.